The molecule has 1 rings (SSSR count). The maximum atomic E-state index is 11.6. The van der Waals surface area contributed by atoms with Crippen molar-refractivity contribution in [2.24, 2.45) is 0 Å². The third kappa shape index (κ3) is 7.78. The topological polar surface area (TPSA) is 87.3 Å². The van der Waals surface area contributed by atoms with E-state index in [2.05, 4.69) is 16.0 Å². The molecule has 0 aliphatic carbocycles. The second kappa shape index (κ2) is 8.53. The van der Waals surface area contributed by atoms with Crippen molar-refractivity contribution in [3.05, 3.63) is 22.4 Å². The summed E-state index contributed by atoms with van der Waals surface area (Å²) in [6.07, 6.45) is 0.803. The van der Waals surface area contributed by atoms with Crippen molar-refractivity contribution in [2.45, 2.75) is 39.2 Å². The molecule has 122 valence electrons. The summed E-state index contributed by atoms with van der Waals surface area (Å²) in [6, 6.07) is 3.57. The Morgan fingerprint density at radius 2 is 1.86 bits per heavy atom. The standard InChI is InChI=1S/C15H23N3O3S/c1-15(2,3)18-13(20)10-17-12(19)7-4-8-16-14(21)11-6-5-9-22-11/h5-6,9H,4,7-8,10H2,1-3H3,(H,16,21)(H,17,19)(H,18,20). The highest BCUT2D eigenvalue weighted by atomic mass is 32.1. The summed E-state index contributed by atoms with van der Waals surface area (Å²) in [6.45, 7) is 6.03. The lowest BCUT2D eigenvalue weighted by molar-refractivity contribution is -0.126. The third-order valence-corrected chi connectivity index (χ3v) is 3.44. The van der Waals surface area contributed by atoms with Crippen LogP contribution in [0.2, 0.25) is 0 Å². The first kappa shape index (κ1) is 18.2. The van der Waals surface area contributed by atoms with Gasteiger partial charge in [-0.1, -0.05) is 6.07 Å². The normalized spacial score (nSPS) is 10.9. The van der Waals surface area contributed by atoms with Crippen LogP contribution in [0.5, 0.6) is 0 Å². The van der Waals surface area contributed by atoms with E-state index in [4.69, 9.17) is 0 Å². The van der Waals surface area contributed by atoms with E-state index in [9.17, 15) is 14.4 Å². The lowest BCUT2D eigenvalue weighted by atomic mass is 10.1. The predicted octanol–water partition coefficient (Wildman–Crippen LogP) is 1.29. The summed E-state index contributed by atoms with van der Waals surface area (Å²) in [5.41, 5.74) is -0.312. The van der Waals surface area contributed by atoms with E-state index < -0.39 is 0 Å². The number of carbonyl (C=O) groups is 3. The van der Waals surface area contributed by atoms with Gasteiger partial charge in [-0.3, -0.25) is 14.4 Å². The number of hydrogen-bond donors (Lipinski definition) is 3. The molecule has 7 heteroatoms. The first-order valence-corrected chi connectivity index (χ1v) is 8.05. The van der Waals surface area contributed by atoms with Crippen molar-refractivity contribution in [3.63, 3.8) is 0 Å². The zero-order valence-corrected chi connectivity index (χ0v) is 14.0. The number of amides is 3. The van der Waals surface area contributed by atoms with Crippen LogP contribution in [0, 0.1) is 0 Å². The molecule has 0 saturated carbocycles. The molecule has 0 unspecified atom stereocenters. The maximum Gasteiger partial charge on any atom is 0.261 e. The maximum absolute atomic E-state index is 11.6. The molecule has 0 aliphatic rings. The second-order valence-corrected chi connectivity index (χ2v) is 6.86. The summed E-state index contributed by atoms with van der Waals surface area (Å²) >= 11 is 1.38. The zero-order valence-electron chi connectivity index (χ0n) is 13.2. The predicted molar refractivity (Wildman–Crippen MR) is 86.8 cm³/mol. The number of rotatable bonds is 7. The fraction of sp³-hybridized carbons (Fsp3) is 0.533. The summed E-state index contributed by atoms with van der Waals surface area (Å²) in [5.74, 6) is -0.541. The second-order valence-electron chi connectivity index (χ2n) is 5.91. The summed E-state index contributed by atoms with van der Waals surface area (Å²) in [7, 11) is 0. The van der Waals surface area contributed by atoms with Crippen LogP contribution in [0.15, 0.2) is 17.5 Å². The molecule has 1 aromatic heterocycles. The highest BCUT2D eigenvalue weighted by molar-refractivity contribution is 7.12. The molecule has 0 atom stereocenters. The fourth-order valence-corrected chi connectivity index (χ4v) is 2.32. The minimum absolute atomic E-state index is 0.0301. The van der Waals surface area contributed by atoms with Crippen LogP contribution < -0.4 is 16.0 Å². The number of hydrogen-bond acceptors (Lipinski definition) is 4. The lowest BCUT2D eigenvalue weighted by Crippen LogP contribution is -2.45. The van der Waals surface area contributed by atoms with Crippen molar-refractivity contribution in [1.29, 1.82) is 0 Å². The van der Waals surface area contributed by atoms with Gasteiger partial charge in [-0.15, -0.1) is 11.3 Å². The van der Waals surface area contributed by atoms with Gasteiger partial charge in [-0.25, -0.2) is 0 Å². The van der Waals surface area contributed by atoms with Gasteiger partial charge in [0.05, 0.1) is 11.4 Å². The van der Waals surface area contributed by atoms with Gasteiger partial charge in [0.25, 0.3) is 5.91 Å². The Hall–Kier alpha value is -1.89. The van der Waals surface area contributed by atoms with Gasteiger partial charge in [0, 0.05) is 18.5 Å². The Balaban J connectivity index is 2.11. The van der Waals surface area contributed by atoms with E-state index >= 15 is 0 Å². The van der Waals surface area contributed by atoms with Gasteiger partial charge in [0.1, 0.15) is 0 Å². The molecule has 0 aliphatic heterocycles. The van der Waals surface area contributed by atoms with E-state index in [1.807, 2.05) is 32.2 Å². The van der Waals surface area contributed by atoms with E-state index in [-0.39, 0.29) is 36.2 Å². The molecule has 3 N–H and O–H groups in total. The monoisotopic (exact) mass is 325 g/mol. The van der Waals surface area contributed by atoms with Gasteiger partial charge in [0.2, 0.25) is 11.8 Å². The van der Waals surface area contributed by atoms with Gasteiger partial charge in [-0.2, -0.15) is 0 Å². The molecule has 0 spiro atoms. The molecule has 1 heterocycles. The first-order valence-electron chi connectivity index (χ1n) is 7.17. The van der Waals surface area contributed by atoms with Crippen molar-refractivity contribution in [1.82, 2.24) is 16.0 Å². The highest BCUT2D eigenvalue weighted by Crippen LogP contribution is 2.07. The Labute approximate surface area is 134 Å². The Morgan fingerprint density at radius 3 is 2.45 bits per heavy atom. The summed E-state index contributed by atoms with van der Waals surface area (Å²) < 4.78 is 0. The Morgan fingerprint density at radius 1 is 1.14 bits per heavy atom. The zero-order chi connectivity index (χ0) is 16.6. The lowest BCUT2D eigenvalue weighted by Gasteiger charge is -2.20. The van der Waals surface area contributed by atoms with E-state index in [1.165, 1.54) is 11.3 Å². The molecular weight excluding hydrogens is 302 g/mol. The number of thiophene rings is 1. The molecular formula is C15H23N3O3S. The van der Waals surface area contributed by atoms with Gasteiger partial charge >= 0.3 is 0 Å². The molecule has 0 bridgehead atoms. The van der Waals surface area contributed by atoms with Crippen LogP contribution in [0.3, 0.4) is 0 Å². The number of nitrogens with one attached hydrogen (secondary N) is 3. The smallest absolute Gasteiger partial charge is 0.261 e. The minimum atomic E-state index is -0.312. The number of carbonyl (C=O) groups excluding carboxylic acids is 3. The minimum Gasteiger partial charge on any atom is -0.351 e. The van der Waals surface area contributed by atoms with E-state index in [1.54, 1.807) is 6.07 Å². The SMILES string of the molecule is CC(C)(C)NC(=O)CNC(=O)CCCNC(=O)c1cccs1. The van der Waals surface area contributed by atoms with Crippen LogP contribution in [0.1, 0.15) is 43.3 Å². The third-order valence-electron chi connectivity index (χ3n) is 2.57. The van der Waals surface area contributed by atoms with E-state index in [0.29, 0.717) is 17.8 Å². The van der Waals surface area contributed by atoms with Crippen LogP contribution in [0.4, 0.5) is 0 Å². The largest absolute Gasteiger partial charge is 0.351 e. The Bertz CT molecular complexity index is 507. The average Bonchev–Trinajstić information content (AvgIpc) is 2.93. The molecule has 1 aromatic rings. The van der Waals surface area contributed by atoms with Crippen LogP contribution in [-0.4, -0.2) is 36.3 Å². The molecule has 0 fully saturated rings. The molecule has 22 heavy (non-hydrogen) atoms. The summed E-state index contributed by atoms with van der Waals surface area (Å²) in [4.78, 5) is 35.4. The summed E-state index contributed by atoms with van der Waals surface area (Å²) in [5, 5.41) is 9.91. The fourth-order valence-electron chi connectivity index (χ4n) is 1.68. The van der Waals surface area contributed by atoms with Crippen LogP contribution in [0.25, 0.3) is 0 Å². The van der Waals surface area contributed by atoms with Crippen molar-refractivity contribution in [2.75, 3.05) is 13.1 Å². The van der Waals surface area contributed by atoms with Gasteiger partial charge in [-0.05, 0) is 38.6 Å². The molecule has 0 aromatic carbocycles. The molecule has 0 radical (unpaired) electrons. The van der Waals surface area contributed by atoms with Crippen LogP contribution >= 0.6 is 11.3 Å². The van der Waals surface area contributed by atoms with Gasteiger partial charge in [0.15, 0.2) is 0 Å². The van der Waals surface area contributed by atoms with Crippen LogP contribution in [-0.2, 0) is 9.59 Å². The highest BCUT2D eigenvalue weighted by Gasteiger charge is 2.14. The van der Waals surface area contributed by atoms with Crippen molar-refractivity contribution >= 4 is 29.1 Å². The van der Waals surface area contributed by atoms with E-state index in [0.717, 1.165) is 0 Å². The Kier molecular flexibility index (Phi) is 7.04. The molecule has 6 nitrogen and oxygen atoms in total. The van der Waals surface area contributed by atoms with Crippen molar-refractivity contribution < 1.29 is 14.4 Å². The molecule has 3 amide bonds. The van der Waals surface area contributed by atoms with Crippen molar-refractivity contribution in [3.8, 4) is 0 Å². The average molecular weight is 325 g/mol. The first-order chi connectivity index (χ1) is 10.3. The quantitative estimate of drug-likeness (QED) is 0.660. The molecule has 0 saturated heterocycles. The van der Waals surface area contributed by atoms with Gasteiger partial charge < -0.3 is 16.0 Å².